The van der Waals surface area contributed by atoms with Gasteiger partial charge in [0, 0.05) is 43.1 Å². The third-order valence-electron chi connectivity index (χ3n) is 5.07. The number of aromatic amines is 1. The Balaban J connectivity index is 1.47. The second kappa shape index (κ2) is 7.74. The van der Waals surface area contributed by atoms with E-state index in [1.807, 2.05) is 30.3 Å². The molecule has 2 heterocycles. The first-order valence-corrected chi connectivity index (χ1v) is 9.35. The smallest absolute Gasteiger partial charge is 0.316 e. The van der Waals surface area contributed by atoms with E-state index in [1.165, 1.54) is 5.69 Å². The topological polar surface area (TPSA) is 90.3 Å². The normalized spacial score (nSPS) is 14.8. The van der Waals surface area contributed by atoms with Gasteiger partial charge < -0.3 is 20.9 Å². The van der Waals surface area contributed by atoms with E-state index in [0.717, 1.165) is 48.7 Å². The number of hydrogen-bond donors (Lipinski definition) is 3. The van der Waals surface area contributed by atoms with E-state index in [4.69, 9.17) is 5.73 Å². The number of rotatable bonds is 4. The zero-order valence-electron chi connectivity index (χ0n) is 15.9. The van der Waals surface area contributed by atoms with Gasteiger partial charge >= 0.3 is 6.03 Å². The van der Waals surface area contributed by atoms with Crippen molar-refractivity contribution in [3.05, 3.63) is 54.6 Å². The van der Waals surface area contributed by atoms with Crippen LogP contribution in [0.2, 0.25) is 0 Å². The third kappa shape index (κ3) is 3.99. The van der Waals surface area contributed by atoms with Crippen LogP contribution < -0.4 is 16.0 Å². The number of nitrogens with zero attached hydrogens (tertiary/aromatic N) is 3. The van der Waals surface area contributed by atoms with Crippen molar-refractivity contribution < 1.29 is 4.79 Å². The number of likely N-dealkylation sites (N-methyl/N-ethyl adjacent to an activating group) is 1. The first-order chi connectivity index (χ1) is 13.6. The fraction of sp³-hybridized carbons (Fsp3) is 0.238. The molecule has 28 heavy (non-hydrogen) atoms. The van der Waals surface area contributed by atoms with E-state index in [0.29, 0.717) is 5.69 Å². The number of piperazine rings is 1. The minimum atomic E-state index is -0.573. The van der Waals surface area contributed by atoms with Crippen LogP contribution in [0, 0.1) is 0 Å². The van der Waals surface area contributed by atoms with Crippen molar-refractivity contribution in [3.8, 4) is 22.5 Å². The van der Waals surface area contributed by atoms with Gasteiger partial charge in [-0.25, -0.2) is 4.79 Å². The molecule has 1 aliphatic rings. The minimum absolute atomic E-state index is 0.573. The van der Waals surface area contributed by atoms with E-state index in [1.54, 1.807) is 0 Å². The highest BCUT2D eigenvalue weighted by molar-refractivity contribution is 5.88. The van der Waals surface area contributed by atoms with Crippen molar-refractivity contribution in [2.45, 2.75) is 0 Å². The molecule has 3 aromatic rings. The first kappa shape index (κ1) is 18.1. The molecule has 4 N–H and O–H groups in total. The maximum Gasteiger partial charge on any atom is 0.316 e. The van der Waals surface area contributed by atoms with E-state index in [9.17, 15) is 4.79 Å². The number of nitrogens with one attached hydrogen (secondary N) is 2. The number of carbonyl (C=O) groups excluding carboxylic acids is 1. The summed E-state index contributed by atoms with van der Waals surface area (Å²) in [5, 5.41) is 10.1. The third-order valence-corrected chi connectivity index (χ3v) is 5.07. The van der Waals surface area contributed by atoms with Gasteiger partial charge in [0.2, 0.25) is 0 Å². The summed E-state index contributed by atoms with van der Waals surface area (Å²) in [6, 6.07) is 17.5. The van der Waals surface area contributed by atoms with Crippen molar-refractivity contribution >= 4 is 17.4 Å². The standard InChI is InChI=1S/C21H24N6O/c1-26-10-12-27(13-11-26)18-8-4-16(5-9-18)20-14-19(24-25-20)15-2-6-17(7-3-15)23-21(22)28/h2-9,14H,10-13H2,1H3,(H,24,25)(H3,22,23,28). The molecule has 0 radical (unpaired) electrons. The summed E-state index contributed by atoms with van der Waals surface area (Å²) in [7, 11) is 2.16. The van der Waals surface area contributed by atoms with Gasteiger partial charge in [0.25, 0.3) is 0 Å². The molecular weight excluding hydrogens is 352 g/mol. The van der Waals surface area contributed by atoms with Crippen LogP contribution in [0.4, 0.5) is 16.2 Å². The number of aromatic nitrogens is 2. The fourth-order valence-electron chi connectivity index (χ4n) is 3.40. The van der Waals surface area contributed by atoms with Crippen LogP contribution in [-0.4, -0.2) is 54.4 Å². The van der Waals surface area contributed by atoms with Crippen molar-refractivity contribution in [2.24, 2.45) is 5.73 Å². The SMILES string of the molecule is CN1CCN(c2ccc(-c3cc(-c4ccc(NC(N)=O)cc4)[nH]n3)cc2)CC1. The van der Waals surface area contributed by atoms with Crippen molar-refractivity contribution in [1.29, 1.82) is 0 Å². The monoisotopic (exact) mass is 376 g/mol. The van der Waals surface area contributed by atoms with E-state index >= 15 is 0 Å². The summed E-state index contributed by atoms with van der Waals surface area (Å²) in [5.41, 5.74) is 10.9. The Hall–Kier alpha value is -3.32. The molecule has 1 saturated heterocycles. The van der Waals surface area contributed by atoms with Crippen LogP contribution in [0.3, 0.4) is 0 Å². The highest BCUT2D eigenvalue weighted by Gasteiger charge is 2.14. The highest BCUT2D eigenvalue weighted by atomic mass is 16.2. The fourth-order valence-corrected chi connectivity index (χ4v) is 3.40. The average molecular weight is 376 g/mol. The lowest BCUT2D eigenvalue weighted by Gasteiger charge is -2.34. The molecule has 1 aromatic heterocycles. The van der Waals surface area contributed by atoms with Gasteiger partial charge in [-0.2, -0.15) is 5.10 Å². The Morgan fingerprint density at radius 3 is 2.29 bits per heavy atom. The molecule has 7 heteroatoms. The predicted octanol–water partition coefficient (Wildman–Crippen LogP) is 2.99. The molecule has 0 atom stereocenters. The number of urea groups is 1. The summed E-state index contributed by atoms with van der Waals surface area (Å²) >= 11 is 0. The molecular formula is C21H24N6O. The molecule has 0 unspecified atom stereocenters. The summed E-state index contributed by atoms with van der Waals surface area (Å²) in [6.07, 6.45) is 0. The number of primary amides is 1. The van der Waals surface area contributed by atoms with Gasteiger partial charge in [-0.05, 0) is 42.9 Å². The Morgan fingerprint density at radius 2 is 1.64 bits per heavy atom. The summed E-state index contributed by atoms with van der Waals surface area (Å²) in [6.45, 7) is 4.31. The molecule has 0 aliphatic carbocycles. The lowest BCUT2D eigenvalue weighted by molar-refractivity contribution is 0.259. The Labute approximate surface area is 164 Å². The van der Waals surface area contributed by atoms with Crippen molar-refractivity contribution in [2.75, 3.05) is 43.4 Å². The quantitative estimate of drug-likeness (QED) is 0.653. The summed E-state index contributed by atoms with van der Waals surface area (Å²) in [5.74, 6) is 0. The van der Waals surface area contributed by atoms with Crippen LogP contribution in [0.5, 0.6) is 0 Å². The largest absolute Gasteiger partial charge is 0.369 e. The number of nitrogens with two attached hydrogens (primary N) is 1. The van der Waals surface area contributed by atoms with Gasteiger partial charge in [0.1, 0.15) is 0 Å². The highest BCUT2D eigenvalue weighted by Crippen LogP contribution is 2.27. The molecule has 0 bridgehead atoms. The first-order valence-electron chi connectivity index (χ1n) is 9.35. The molecule has 1 aliphatic heterocycles. The molecule has 0 spiro atoms. The average Bonchev–Trinajstić information content (AvgIpc) is 3.19. The molecule has 4 rings (SSSR count). The zero-order valence-corrected chi connectivity index (χ0v) is 15.9. The van der Waals surface area contributed by atoms with E-state index in [2.05, 4.69) is 56.6 Å². The van der Waals surface area contributed by atoms with Crippen molar-refractivity contribution in [1.82, 2.24) is 15.1 Å². The van der Waals surface area contributed by atoms with Gasteiger partial charge in [0.05, 0.1) is 11.4 Å². The van der Waals surface area contributed by atoms with Gasteiger partial charge in [-0.3, -0.25) is 5.10 Å². The molecule has 1 fully saturated rings. The lowest BCUT2D eigenvalue weighted by Crippen LogP contribution is -2.44. The van der Waals surface area contributed by atoms with E-state index < -0.39 is 6.03 Å². The van der Waals surface area contributed by atoms with Crippen LogP contribution in [0.15, 0.2) is 54.6 Å². The minimum Gasteiger partial charge on any atom is -0.369 e. The zero-order chi connectivity index (χ0) is 19.5. The predicted molar refractivity (Wildman–Crippen MR) is 112 cm³/mol. The van der Waals surface area contributed by atoms with Crippen molar-refractivity contribution in [3.63, 3.8) is 0 Å². The van der Waals surface area contributed by atoms with Crippen LogP contribution in [-0.2, 0) is 0 Å². The molecule has 7 nitrogen and oxygen atoms in total. The maximum absolute atomic E-state index is 10.9. The number of hydrogen-bond acceptors (Lipinski definition) is 4. The number of anilines is 2. The molecule has 0 saturated carbocycles. The van der Waals surface area contributed by atoms with Gasteiger partial charge in [0.15, 0.2) is 0 Å². The van der Waals surface area contributed by atoms with Crippen LogP contribution >= 0.6 is 0 Å². The number of carbonyl (C=O) groups is 1. The number of amides is 2. The van der Waals surface area contributed by atoms with Gasteiger partial charge in [-0.15, -0.1) is 0 Å². The number of benzene rings is 2. The molecule has 2 amide bonds. The summed E-state index contributed by atoms with van der Waals surface area (Å²) < 4.78 is 0. The maximum atomic E-state index is 10.9. The van der Waals surface area contributed by atoms with Gasteiger partial charge in [-0.1, -0.05) is 24.3 Å². The molecule has 2 aromatic carbocycles. The second-order valence-electron chi connectivity index (χ2n) is 7.07. The lowest BCUT2D eigenvalue weighted by atomic mass is 10.1. The second-order valence-corrected chi connectivity index (χ2v) is 7.07. The Morgan fingerprint density at radius 1 is 1.00 bits per heavy atom. The Kier molecular flexibility index (Phi) is 4.99. The number of H-pyrrole nitrogens is 1. The molecule has 144 valence electrons. The summed E-state index contributed by atoms with van der Waals surface area (Å²) in [4.78, 5) is 15.7. The Bertz CT molecular complexity index is 940. The van der Waals surface area contributed by atoms with Crippen LogP contribution in [0.1, 0.15) is 0 Å². The van der Waals surface area contributed by atoms with Crippen LogP contribution in [0.25, 0.3) is 22.5 Å². The van der Waals surface area contributed by atoms with E-state index in [-0.39, 0.29) is 0 Å².